The molecule has 130 valence electrons. The van der Waals surface area contributed by atoms with E-state index < -0.39 is 0 Å². The monoisotopic (exact) mass is 353 g/mol. The highest BCUT2D eigenvalue weighted by Crippen LogP contribution is 2.19. The quantitative estimate of drug-likeness (QED) is 0.562. The van der Waals surface area contributed by atoms with Crippen LogP contribution in [0.25, 0.3) is 17.3 Å². The van der Waals surface area contributed by atoms with Crippen molar-refractivity contribution in [2.45, 2.75) is 13.3 Å². The molecule has 4 rings (SSSR count). The summed E-state index contributed by atoms with van der Waals surface area (Å²) in [5, 5.41) is 11.9. The zero-order chi connectivity index (χ0) is 18.1. The summed E-state index contributed by atoms with van der Waals surface area (Å²) in [5.41, 5.74) is 2.55. The van der Waals surface area contributed by atoms with Gasteiger partial charge in [-0.25, -0.2) is 13.5 Å². The van der Waals surface area contributed by atoms with E-state index >= 15 is 0 Å². The van der Waals surface area contributed by atoms with Gasteiger partial charge in [0.25, 0.3) is 5.89 Å². The molecule has 0 bridgehead atoms. The lowest BCUT2D eigenvalue weighted by Crippen LogP contribution is -1.98. The Labute approximate surface area is 147 Å². The molecule has 0 radical (unpaired) electrons. The summed E-state index contributed by atoms with van der Waals surface area (Å²) in [4.78, 5) is 4.27. The normalized spacial score (nSPS) is 11.0. The minimum absolute atomic E-state index is 0.211. The molecule has 0 atom stereocenters. The Morgan fingerprint density at radius 3 is 2.73 bits per heavy atom. The van der Waals surface area contributed by atoms with E-state index in [2.05, 4.69) is 20.5 Å². The maximum atomic E-state index is 13.3. The molecule has 0 N–H and O–H groups in total. The molecule has 4 aromatic rings. The van der Waals surface area contributed by atoms with E-state index in [1.165, 1.54) is 28.9 Å². The molecule has 0 aliphatic heterocycles. The molecule has 0 spiro atoms. The SMILES string of the molecule is Cc1cc(F)ccc1-n1cc(-c2nc(Cc3cccc(F)c3)no2)nn1. The van der Waals surface area contributed by atoms with E-state index in [1.807, 2.05) is 0 Å². The van der Waals surface area contributed by atoms with Crippen molar-refractivity contribution in [1.82, 2.24) is 25.1 Å². The Bertz CT molecular complexity index is 1070. The van der Waals surface area contributed by atoms with E-state index in [0.717, 1.165) is 11.1 Å². The summed E-state index contributed by atoms with van der Waals surface area (Å²) >= 11 is 0. The van der Waals surface area contributed by atoms with Gasteiger partial charge in [0.1, 0.15) is 11.6 Å². The molecular formula is C18H13F2N5O. The first-order chi connectivity index (χ1) is 12.6. The molecule has 0 aliphatic carbocycles. The maximum Gasteiger partial charge on any atom is 0.280 e. The van der Waals surface area contributed by atoms with E-state index in [-0.39, 0.29) is 17.5 Å². The van der Waals surface area contributed by atoms with Crippen LogP contribution in [0.1, 0.15) is 17.0 Å². The fourth-order valence-electron chi connectivity index (χ4n) is 2.61. The summed E-state index contributed by atoms with van der Waals surface area (Å²) < 4.78 is 33.2. The lowest BCUT2D eigenvalue weighted by molar-refractivity contribution is 0.422. The molecular weight excluding hydrogens is 340 g/mol. The molecule has 2 heterocycles. The zero-order valence-corrected chi connectivity index (χ0v) is 13.7. The highest BCUT2D eigenvalue weighted by Gasteiger charge is 2.14. The van der Waals surface area contributed by atoms with Gasteiger partial charge in [-0.3, -0.25) is 0 Å². The average molecular weight is 353 g/mol. The Hall–Kier alpha value is -3.42. The van der Waals surface area contributed by atoms with Gasteiger partial charge < -0.3 is 4.52 Å². The van der Waals surface area contributed by atoms with E-state index in [0.29, 0.717) is 23.6 Å². The topological polar surface area (TPSA) is 69.6 Å². The predicted molar refractivity (Wildman–Crippen MR) is 88.6 cm³/mol. The van der Waals surface area contributed by atoms with E-state index in [4.69, 9.17) is 4.52 Å². The van der Waals surface area contributed by atoms with Crippen LogP contribution in [0.2, 0.25) is 0 Å². The number of aryl methyl sites for hydroxylation is 1. The lowest BCUT2D eigenvalue weighted by atomic mass is 10.1. The van der Waals surface area contributed by atoms with E-state index in [1.54, 1.807) is 31.3 Å². The largest absolute Gasteiger partial charge is 0.332 e. The molecule has 0 fully saturated rings. The van der Waals surface area contributed by atoms with Gasteiger partial charge in [-0.15, -0.1) is 5.10 Å². The first-order valence-electron chi connectivity index (χ1n) is 7.85. The fraction of sp³-hybridized carbons (Fsp3) is 0.111. The molecule has 0 aliphatic rings. The van der Waals surface area contributed by atoms with Crippen LogP contribution in [0.15, 0.2) is 53.2 Å². The number of benzene rings is 2. The van der Waals surface area contributed by atoms with Crippen molar-refractivity contribution in [2.75, 3.05) is 0 Å². The second-order valence-electron chi connectivity index (χ2n) is 5.80. The third kappa shape index (κ3) is 3.21. The molecule has 0 saturated heterocycles. The molecule has 0 saturated carbocycles. The third-order valence-corrected chi connectivity index (χ3v) is 3.84. The highest BCUT2D eigenvalue weighted by atomic mass is 19.1. The standard InChI is InChI=1S/C18H13F2N5O/c1-11-7-14(20)5-6-16(11)25-10-15(22-24-25)18-21-17(23-26-18)9-12-3-2-4-13(19)8-12/h2-8,10H,9H2,1H3. The molecule has 2 aromatic heterocycles. The minimum Gasteiger partial charge on any atom is -0.332 e. The highest BCUT2D eigenvalue weighted by molar-refractivity contribution is 5.47. The van der Waals surface area contributed by atoms with E-state index in [9.17, 15) is 8.78 Å². The summed E-state index contributed by atoms with van der Waals surface area (Å²) in [6.07, 6.45) is 1.96. The van der Waals surface area contributed by atoms with Crippen molar-refractivity contribution in [1.29, 1.82) is 0 Å². The van der Waals surface area contributed by atoms with Gasteiger partial charge in [0.05, 0.1) is 11.9 Å². The number of rotatable bonds is 4. The average Bonchev–Trinajstić information content (AvgIpc) is 3.24. The fourth-order valence-corrected chi connectivity index (χ4v) is 2.61. The minimum atomic E-state index is -0.316. The number of hydrogen-bond acceptors (Lipinski definition) is 5. The van der Waals surface area contributed by atoms with Gasteiger partial charge in [0.2, 0.25) is 0 Å². The van der Waals surface area contributed by atoms with Crippen LogP contribution in [0.4, 0.5) is 8.78 Å². The van der Waals surface area contributed by atoms with Crippen LogP contribution in [-0.4, -0.2) is 25.1 Å². The Balaban J connectivity index is 1.57. The van der Waals surface area contributed by atoms with Gasteiger partial charge >= 0.3 is 0 Å². The first-order valence-corrected chi connectivity index (χ1v) is 7.85. The predicted octanol–water partition coefficient (Wildman–Crippen LogP) is 3.49. The number of hydrogen-bond donors (Lipinski definition) is 0. The number of halogens is 2. The van der Waals surface area contributed by atoms with Crippen LogP contribution in [0.5, 0.6) is 0 Å². The lowest BCUT2D eigenvalue weighted by Gasteiger charge is -2.03. The van der Waals surface area contributed by atoms with Crippen molar-refractivity contribution in [3.05, 3.63) is 77.2 Å². The zero-order valence-electron chi connectivity index (χ0n) is 13.7. The number of nitrogens with zero attached hydrogens (tertiary/aromatic N) is 5. The Kier molecular flexibility index (Phi) is 4.00. The molecule has 2 aromatic carbocycles. The van der Waals surface area contributed by atoms with Crippen LogP contribution in [0, 0.1) is 18.6 Å². The Morgan fingerprint density at radius 2 is 1.92 bits per heavy atom. The van der Waals surface area contributed by atoms with Crippen molar-refractivity contribution in [3.63, 3.8) is 0 Å². The van der Waals surface area contributed by atoms with Crippen LogP contribution in [0.3, 0.4) is 0 Å². The molecule has 26 heavy (non-hydrogen) atoms. The van der Waals surface area contributed by atoms with Gasteiger partial charge in [-0.05, 0) is 48.4 Å². The number of aromatic nitrogens is 5. The van der Waals surface area contributed by atoms with Crippen molar-refractivity contribution >= 4 is 0 Å². The summed E-state index contributed by atoms with van der Waals surface area (Å²) in [5.74, 6) is -0.00478. The third-order valence-electron chi connectivity index (χ3n) is 3.84. The van der Waals surface area contributed by atoms with Crippen molar-refractivity contribution in [2.24, 2.45) is 0 Å². The van der Waals surface area contributed by atoms with Gasteiger partial charge in [-0.1, -0.05) is 22.5 Å². The summed E-state index contributed by atoms with van der Waals surface area (Å²) in [7, 11) is 0. The van der Waals surface area contributed by atoms with Gasteiger partial charge in [0, 0.05) is 6.42 Å². The van der Waals surface area contributed by atoms with Crippen LogP contribution in [-0.2, 0) is 6.42 Å². The van der Waals surface area contributed by atoms with Crippen LogP contribution < -0.4 is 0 Å². The molecule has 8 heteroatoms. The first kappa shape index (κ1) is 16.1. The summed E-state index contributed by atoms with van der Waals surface area (Å²) in [6, 6.07) is 10.6. The van der Waals surface area contributed by atoms with Crippen molar-refractivity contribution < 1.29 is 13.3 Å². The van der Waals surface area contributed by atoms with Gasteiger partial charge in [0.15, 0.2) is 11.5 Å². The second kappa shape index (κ2) is 6.47. The second-order valence-corrected chi connectivity index (χ2v) is 5.80. The molecule has 6 nitrogen and oxygen atoms in total. The maximum absolute atomic E-state index is 13.3. The van der Waals surface area contributed by atoms with Crippen molar-refractivity contribution in [3.8, 4) is 17.3 Å². The smallest absolute Gasteiger partial charge is 0.280 e. The summed E-state index contributed by atoms with van der Waals surface area (Å²) in [6.45, 7) is 1.78. The Morgan fingerprint density at radius 1 is 1.08 bits per heavy atom. The van der Waals surface area contributed by atoms with Crippen LogP contribution >= 0.6 is 0 Å². The molecule has 0 amide bonds. The van der Waals surface area contributed by atoms with Gasteiger partial charge in [-0.2, -0.15) is 4.98 Å². The molecule has 0 unspecified atom stereocenters.